The van der Waals surface area contributed by atoms with Crippen LogP contribution in [0.3, 0.4) is 0 Å². The van der Waals surface area contributed by atoms with Crippen molar-refractivity contribution in [1.29, 1.82) is 5.26 Å². The van der Waals surface area contributed by atoms with Gasteiger partial charge in [0.05, 0.1) is 4.88 Å². The van der Waals surface area contributed by atoms with Gasteiger partial charge in [-0.3, -0.25) is 4.79 Å². The lowest BCUT2D eigenvalue weighted by Crippen LogP contribution is -2.07. The molecule has 0 atom stereocenters. The summed E-state index contributed by atoms with van der Waals surface area (Å²) in [5, 5.41) is 18.6. The molecule has 0 radical (unpaired) electrons. The molecule has 0 aromatic carbocycles. The van der Waals surface area contributed by atoms with Crippen molar-refractivity contribution in [3.8, 4) is 6.07 Å². The van der Waals surface area contributed by atoms with E-state index in [1.54, 1.807) is 26.0 Å². The fourth-order valence-corrected chi connectivity index (χ4v) is 2.01. The van der Waals surface area contributed by atoms with Crippen molar-refractivity contribution in [1.82, 2.24) is 0 Å². The van der Waals surface area contributed by atoms with Crippen LogP contribution in [0.15, 0.2) is 23.5 Å². The predicted molar refractivity (Wildman–Crippen MR) is 63.5 cm³/mol. The lowest BCUT2D eigenvalue weighted by molar-refractivity contribution is 0.103. The molecule has 0 bridgehead atoms. The average Bonchev–Trinajstić information content (AvgIpc) is 2.65. The van der Waals surface area contributed by atoms with E-state index in [0.717, 1.165) is 4.88 Å². The van der Waals surface area contributed by atoms with Crippen molar-refractivity contribution in [3.05, 3.63) is 33.2 Å². The van der Waals surface area contributed by atoms with Crippen molar-refractivity contribution < 1.29 is 9.90 Å². The van der Waals surface area contributed by atoms with E-state index in [1.165, 1.54) is 11.3 Å². The summed E-state index contributed by atoms with van der Waals surface area (Å²) < 4.78 is 0. The molecule has 0 saturated carbocycles. The normalized spacial score (nSPS) is 12.2. The van der Waals surface area contributed by atoms with Gasteiger partial charge in [-0.1, -0.05) is 13.8 Å². The lowest BCUT2D eigenvalue weighted by Gasteiger charge is -2.05. The van der Waals surface area contributed by atoms with Gasteiger partial charge in [0.25, 0.3) is 0 Å². The Labute approximate surface area is 98.7 Å². The minimum Gasteiger partial charge on any atom is -0.511 e. The molecule has 1 aromatic rings. The topological polar surface area (TPSA) is 61.1 Å². The fraction of sp³-hybridized carbons (Fsp3) is 0.333. The molecule has 1 N–H and O–H groups in total. The second-order valence-corrected chi connectivity index (χ2v) is 5.05. The van der Waals surface area contributed by atoms with Crippen LogP contribution in [0, 0.1) is 24.2 Å². The summed E-state index contributed by atoms with van der Waals surface area (Å²) in [6.07, 6.45) is 0. The minimum atomic E-state index is -0.396. The van der Waals surface area contributed by atoms with E-state index in [2.05, 4.69) is 0 Å². The highest BCUT2D eigenvalue weighted by molar-refractivity contribution is 7.14. The van der Waals surface area contributed by atoms with Gasteiger partial charge in [-0.15, -0.1) is 11.3 Å². The van der Waals surface area contributed by atoms with Gasteiger partial charge in [0, 0.05) is 10.8 Å². The van der Waals surface area contributed by atoms with Gasteiger partial charge in [-0.05, 0) is 19.1 Å². The van der Waals surface area contributed by atoms with Gasteiger partial charge >= 0.3 is 0 Å². The summed E-state index contributed by atoms with van der Waals surface area (Å²) in [7, 11) is 0. The van der Waals surface area contributed by atoms with E-state index < -0.39 is 5.78 Å². The van der Waals surface area contributed by atoms with Crippen molar-refractivity contribution in [2.45, 2.75) is 20.8 Å². The van der Waals surface area contributed by atoms with Gasteiger partial charge in [-0.2, -0.15) is 5.26 Å². The minimum absolute atomic E-state index is 0.140. The van der Waals surface area contributed by atoms with E-state index in [-0.39, 0.29) is 17.3 Å². The Morgan fingerprint density at radius 1 is 1.50 bits per heavy atom. The van der Waals surface area contributed by atoms with Crippen LogP contribution in [0.2, 0.25) is 0 Å². The Hall–Kier alpha value is -1.60. The van der Waals surface area contributed by atoms with Crippen molar-refractivity contribution in [2.75, 3.05) is 0 Å². The standard InChI is InChI=1S/C12H13NO2S/c1-7(2)11(14)9(6-13)12(15)10-5-4-8(3)16-10/h4-5,7,14H,1-3H3. The number of hydrogen-bond donors (Lipinski definition) is 1. The zero-order valence-corrected chi connectivity index (χ0v) is 10.3. The first kappa shape index (κ1) is 12.5. The van der Waals surface area contributed by atoms with Crippen molar-refractivity contribution in [2.24, 2.45) is 5.92 Å². The number of carbonyl (C=O) groups excluding carboxylic acids is 1. The molecule has 0 aliphatic heterocycles. The zero-order valence-electron chi connectivity index (χ0n) is 9.44. The molecule has 3 nitrogen and oxygen atoms in total. The zero-order chi connectivity index (χ0) is 12.3. The number of aliphatic hydroxyl groups excluding tert-OH is 1. The molecule has 1 aromatic heterocycles. The Morgan fingerprint density at radius 2 is 2.12 bits per heavy atom. The second kappa shape index (κ2) is 4.95. The molecule has 4 heteroatoms. The molecule has 0 saturated heterocycles. The van der Waals surface area contributed by atoms with Crippen LogP contribution < -0.4 is 0 Å². The van der Waals surface area contributed by atoms with Gasteiger partial charge in [0.1, 0.15) is 17.4 Å². The number of aliphatic hydroxyl groups is 1. The molecule has 0 aliphatic carbocycles. The van der Waals surface area contributed by atoms with Crippen molar-refractivity contribution >= 4 is 17.1 Å². The van der Waals surface area contributed by atoms with E-state index in [1.807, 2.05) is 13.0 Å². The Balaban J connectivity index is 3.14. The van der Waals surface area contributed by atoms with Gasteiger partial charge in [0.15, 0.2) is 0 Å². The van der Waals surface area contributed by atoms with Crippen LogP contribution in [0.5, 0.6) is 0 Å². The van der Waals surface area contributed by atoms with Crippen molar-refractivity contribution in [3.63, 3.8) is 0 Å². The van der Waals surface area contributed by atoms with E-state index in [0.29, 0.717) is 4.88 Å². The number of rotatable bonds is 3. The molecule has 0 fully saturated rings. The maximum atomic E-state index is 11.9. The first-order valence-corrected chi connectivity index (χ1v) is 5.73. The molecular weight excluding hydrogens is 222 g/mol. The average molecular weight is 235 g/mol. The van der Waals surface area contributed by atoms with E-state index in [9.17, 15) is 9.90 Å². The number of Topliss-reactive ketones (excluding diaryl/α,β-unsaturated/α-hetero) is 1. The van der Waals surface area contributed by atoms with Crippen LogP contribution in [0.1, 0.15) is 28.4 Å². The number of thiophene rings is 1. The lowest BCUT2D eigenvalue weighted by atomic mass is 10.0. The van der Waals surface area contributed by atoms with Crippen LogP contribution in [0.25, 0.3) is 0 Å². The van der Waals surface area contributed by atoms with Crippen LogP contribution in [-0.2, 0) is 0 Å². The fourth-order valence-electron chi connectivity index (χ4n) is 1.19. The molecule has 0 aliphatic rings. The summed E-state index contributed by atoms with van der Waals surface area (Å²) in [5.74, 6) is -0.759. The molecule has 1 heterocycles. The maximum Gasteiger partial charge on any atom is 0.216 e. The monoisotopic (exact) mass is 235 g/mol. The Morgan fingerprint density at radius 3 is 2.50 bits per heavy atom. The highest BCUT2D eigenvalue weighted by Gasteiger charge is 2.19. The van der Waals surface area contributed by atoms with E-state index >= 15 is 0 Å². The summed E-state index contributed by atoms with van der Waals surface area (Å²) in [6, 6.07) is 5.27. The number of carbonyl (C=O) groups is 1. The molecule has 16 heavy (non-hydrogen) atoms. The summed E-state index contributed by atoms with van der Waals surface area (Å²) in [4.78, 5) is 13.4. The number of hydrogen-bond acceptors (Lipinski definition) is 4. The predicted octanol–water partition coefficient (Wildman–Crippen LogP) is 3.23. The van der Waals surface area contributed by atoms with Crippen LogP contribution in [-0.4, -0.2) is 10.9 Å². The number of aryl methyl sites for hydroxylation is 1. The molecular formula is C12H13NO2S. The highest BCUT2D eigenvalue weighted by atomic mass is 32.1. The molecule has 1 rings (SSSR count). The van der Waals surface area contributed by atoms with Gasteiger partial charge in [0.2, 0.25) is 5.78 Å². The number of nitrogens with zero attached hydrogens (tertiary/aromatic N) is 1. The highest BCUT2D eigenvalue weighted by Crippen LogP contribution is 2.21. The first-order chi connectivity index (χ1) is 7.47. The summed E-state index contributed by atoms with van der Waals surface area (Å²) in [6.45, 7) is 5.36. The molecule has 84 valence electrons. The smallest absolute Gasteiger partial charge is 0.216 e. The Bertz CT molecular complexity index is 477. The largest absolute Gasteiger partial charge is 0.511 e. The van der Waals surface area contributed by atoms with Gasteiger partial charge in [-0.25, -0.2) is 0 Å². The third-order valence-electron chi connectivity index (χ3n) is 2.11. The summed E-state index contributed by atoms with van der Waals surface area (Å²) in [5.41, 5.74) is -0.156. The number of ketones is 1. The maximum absolute atomic E-state index is 11.9. The van der Waals surface area contributed by atoms with E-state index in [4.69, 9.17) is 5.26 Å². The third kappa shape index (κ3) is 2.50. The summed E-state index contributed by atoms with van der Waals surface area (Å²) >= 11 is 1.32. The van der Waals surface area contributed by atoms with Crippen LogP contribution >= 0.6 is 11.3 Å². The number of allylic oxidation sites excluding steroid dienone is 2. The van der Waals surface area contributed by atoms with Gasteiger partial charge < -0.3 is 5.11 Å². The molecule has 0 spiro atoms. The Kier molecular flexibility index (Phi) is 3.86. The molecule has 0 unspecified atom stereocenters. The molecule has 0 amide bonds. The first-order valence-electron chi connectivity index (χ1n) is 4.91. The SMILES string of the molecule is Cc1ccc(C(=O)C(C#N)=C(O)C(C)C)s1. The quantitative estimate of drug-likeness (QED) is 0.378. The van der Waals surface area contributed by atoms with Crippen LogP contribution in [0.4, 0.5) is 0 Å². The second-order valence-electron chi connectivity index (χ2n) is 3.77. The number of nitriles is 1. The third-order valence-corrected chi connectivity index (χ3v) is 3.11.